The highest BCUT2D eigenvalue weighted by Crippen LogP contribution is 2.63. The van der Waals surface area contributed by atoms with Crippen LogP contribution in [0.25, 0.3) is 67.2 Å². The fraction of sp³-hybridized carbons (Fsp3) is 0.0217. The molecule has 2 aromatic heterocycles. The summed E-state index contributed by atoms with van der Waals surface area (Å²) in [7, 11) is 0. The Balaban J connectivity index is 1.24. The average Bonchev–Trinajstić information content (AvgIpc) is 3.72. The van der Waals surface area contributed by atoms with E-state index in [-0.39, 0.29) is 0 Å². The molecule has 0 fully saturated rings. The fourth-order valence-electron chi connectivity index (χ4n) is 8.28. The van der Waals surface area contributed by atoms with Gasteiger partial charge in [-0.1, -0.05) is 145 Å². The number of hydrogen-bond acceptors (Lipinski definition) is 5. The highest BCUT2D eigenvalue weighted by molar-refractivity contribution is 7.99. The first-order valence-electron chi connectivity index (χ1n) is 17.1. The summed E-state index contributed by atoms with van der Waals surface area (Å²) in [6, 6.07) is 57.7. The van der Waals surface area contributed by atoms with Crippen molar-refractivity contribution in [2.75, 3.05) is 0 Å². The fourth-order valence-corrected chi connectivity index (χ4v) is 9.48. The summed E-state index contributed by atoms with van der Waals surface area (Å²) >= 11 is 1.85. The van der Waals surface area contributed by atoms with Crippen molar-refractivity contribution < 1.29 is 4.42 Å². The van der Waals surface area contributed by atoms with E-state index in [1.807, 2.05) is 78.5 Å². The lowest BCUT2D eigenvalue weighted by atomic mass is 9.67. The topological polar surface area (TPSA) is 51.8 Å². The quantitative estimate of drug-likeness (QED) is 0.187. The molecule has 4 nitrogen and oxygen atoms in total. The first-order valence-corrected chi connectivity index (χ1v) is 17.9. The van der Waals surface area contributed by atoms with Gasteiger partial charge >= 0.3 is 0 Å². The second-order valence-corrected chi connectivity index (χ2v) is 14.2. The highest BCUT2D eigenvalue weighted by atomic mass is 32.2. The van der Waals surface area contributed by atoms with Crippen molar-refractivity contribution in [1.29, 1.82) is 0 Å². The molecule has 2 aliphatic rings. The van der Waals surface area contributed by atoms with E-state index in [9.17, 15) is 0 Å². The summed E-state index contributed by atoms with van der Waals surface area (Å²) in [5.41, 5.74) is 11.6. The Morgan fingerprint density at radius 2 is 0.980 bits per heavy atom. The normalized spacial score (nSPS) is 13.6. The summed E-state index contributed by atoms with van der Waals surface area (Å²) < 4.78 is 6.51. The maximum Gasteiger partial charge on any atom is 0.164 e. The Morgan fingerprint density at radius 3 is 1.65 bits per heavy atom. The lowest BCUT2D eigenvalue weighted by Gasteiger charge is -2.39. The van der Waals surface area contributed by atoms with E-state index in [4.69, 9.17) is 19.4 Å². The predicted molar refractivity (Wildman–Crippen MR) is 205 cm³/mol. The van der Waals surface area contributed by atoms with Crippen LogP contribution in [-0.2, 0) is 5.41 Å². The summed E-state index contributed by atoms with van der Waals surface area (Å²) in [6.45, 7) is 0. The number of fused-ring (bicyclic) bond motifs is 13. The molecule has 0 unspecified atom stereocenters. The van der Waals surface area contributed by atoms with Crippen molar-refractivity contribution in [3.8, 4) is 45.3 Å². The van der Waals surface area contributed by atoms with Crippen LogP contribution in [0, 0.1) is 0 Å². The lowest BCUT2D eigenvalue weighted by molar-refractivity contribution is 0.668. The summed E-state index contributed by atoms with van der Waals surface area (Å²) in [6.07, 6.45) is 0. The van der Waals surface area contributed by atoms with Gasteiger partial charge in [-0.25, -0.2) is 15.0 Å². The Bertz CT molecular complexity index is 2740. The molecule has 0 radical (unpaired) electrons. The van der Waals surface area contributed by atoms with Gasteiger partial charge in [0.05, 0.1) is 5.41 Å². The Labute approximate surface area is 298 Å². The van der Waals surface area contributed by atoms with Gasteiger partial charge in [0, 0.05) is 37.3 Å². The maximum atomic E-state index is 6.51. The van der Waals surface area contributed by atoms with Gasteiger partial charge in [-0.05, 0) is 63.7 Å². The minimum atomic E-state index is -0.516. The van der Waals surface area contributed by atoms with Crippen molar-refractivity contribution in [3.05, 3.63) is 186 Å². The molecule has 51 heavy (non-hydrogen) atoms. The number of rotatable bonds is 3. The maximum absolute atomic E-state index is 6.51. The zero-order chi connectivity index (χ0) is 33.5. The first-order chi connectivity index (χ1) is 25.3. The Morgan fingerprint density at radius 1 is 0.431 bits per heavy atom. The third-order valence-corrected chi connectivity index (χ3v) is 11.6. The summed E-state index contributed by atoms with van der Waals surface area (Å²) in [5.74, 6) is 1.93. The van der Waals surface area contributed by atoms with Crippen LogP contribution in [0.2, 0.25) is 0 Å². The van der Waals surface area contributed by atoms with E-state index >= 15 is 0 Å². The molecule has 1 aliphatic heterocycles. The Kier molecular flexibility index (Phi) is 6.07. The second-order valence-electron chi connectivity index (χ2n) is 13.1. The smallest absolute Gasteiger partial charge is 0.164 e. The van der Waals surface area contributed by atoms with Crippen molar-refractivity contribution in [2.45, 2.75) is 15.2 Å². The van der Waals surface area contributed by atoms with E-state index in [1.54, 1.807) is 0 Å². The first kappa shape index (κ1) is 28.5. The molecule has 1 spiro atoms. The van der Waals surface area contributed by atoms with E-state index in [0.717, 1.165) is 38.6 Å². The number of hydrogen-bond donors (Lipinski definition) is 0. The van der Waals surface area contributed by atoms with Crippen LogP contribution in [0.1, 0.15) is 22.3 Å². The van der Waals surface area contributed by atoms with E-state index < -0.39 is 5.41 Å². The van der Waals surface area contributed by atoms with Gasteiger partial charge in [0.1, 0.15) is 11.2 Å². The lowest BCUT2D eigenvalue weighted by Crippen LogP contribution is -2.31. The molecule has 1 aliphatic carbocycles. The van der Waals surface area contributed by atoms with Gasteiger partial charge < -0.3 is 4.42 Å². The number of para-hydroxylation sites is 1. The molecular weight excluding hydrogens is 643 g/mol. The van der Waals surface area contributed by atoms with Crippen molar-refractivity contribution in [1.82, 2.24) is 15.0 Å². The minimum Gasteiger partial charge on any atom is -0.456 e. The zero-order valence-corrected chi connectivity index (χ0v) is 28.1. The molecule has 0 amide bonds. The van der Waals surface area contributed by atoms with E-state index in [1.165, 1.54) is 43.2 Å². The standard InChI is InChI=1S/C46H27N3OS/c1-3-13-28(14-4-1)43-47-44(29-15-5-2-6-16-29)49-45(48-43)30-23-24-33-32(27-30)41-36(25-26-38-42(41)31-17-7-10-20-37(31)50-38)46(33)34-18-8-11-21-39(34)51-40-22-12-9-19-35(40)46/h1-27H. The molecule has 238 valence electrons. The third kappa shape index (κ3) is 4.07. The van der Waals surface area contributed by atoms with Crippen LogP contribution in [0.15, 0.2) is 178 Å². The molecule has 7 aromatic carbocycles. The molecule has 0 bridgehead atoms. The average molecular weight is 670 g/mol. The predicted octanol–water partition coefficient (Wildman–Crippen LogP) is 11.6. The second kappa shape index (κ2) is 10.8. The van der Waals surface area contributed by atoms with E-state index in [0.29, 0.717) is 17.5 Å². The van der Waals surface area contributed by atoms with Gasteiger partial charge in [0.15, 0.2) is 17.5 Å². The van der Waals surface area contributed by atoms with Crippen LogP contribution in [0.5, 0.6) is 0 Å². The Hall–Kier alpha value is -6.30. The van der Waals surface area contributed by atoms with Crippen molar-refractivity contribution in [2.24, 2.45) is 0 Å². The van der Waals surface area contributed by atoms with Gasteiger partial charge in [-0.3, -0.25) is 0 Å². The van der Waals surface area contributed by atoms with E-state index in [2.05, 4.69) is 97.1 Å². The highest BCUT2D eigenvalue weighted by Gasteiger charge is 2.51. The molecule has 0 saturated heterocycles. The molecule has 3 heterocycles. The van der Waals surface area contributed by atoms with Gasteiger partial charge in [0.25, 0.3) is 0 Å². The molecule has 9 aromatic rings. The van der Waals surface area contributed by atoms with Crippen LogP contribution >= 0.6 is 11.8 Å². The molecule has 5 heteroatoms. The zero-order valence-electron chi connectivity index (χ0n) is 27.2. The van der Waals surface area contributed by atoms with Crippen LogP contribution in [0.4, 0.5) is 0 Å². The molecule has 0 atom stereocenters. The monoisotopic (exact) mass is 669 g/mol. The number of nitrogens with zero attached hydrogens (tertiary/aromatic N) is 3. The van der Waals surface area contributed by atoms with Crippen LogP contribution in [-0.4, -0.2) is 15.0 Å². The minimum absolute atomic E-state index is 0.516. The molecule has 0 N–H and O–H groups in total. The SMILES string of the molecule is c1ccc(-c2nc(-c3ccccc3)nc(-c3ccc4c(c3)-c3c(ccc5oc6ccccc6c35)C43c4ccccc4Sc4ccccc43)n2)cc1. The van der Waals surface area contributed by atoms with Crippen LogP contribution < -0.4 is 0 Å². The van der Waals surface area contributed by atoms with Gasteiger partial charge in [-0.2, -0.15) is 0 Å². The van der Waals surface area contributed by atoms with Crippen molar-refractivity contribution >= 4 is 33.7 Å². The summed E-state index contributed by atoms with van der Waals surface area (Å²) in [5, 5.41) is 2.25. The van der Waals surface area contributed by atoms with Crippen molar-refractivity contribution in [3.63, 3.8) is 0 Å². The van der Waals surface area contributed by atoms with Gasteiger partial charge in [0.2, 0.25) is 0 Å². The number of benzene rings is 7. The third-order valence-electron chi connectivity index (χ3n) is 10.4. The molecular formula is C46H27N3OS. The van der Waals surface area contributed by atoms with Crippen LogP contribution in [0.3, 0.4) is 0 Å². The van der Waals surface area contributed by atoms with Gasteiger partial charge in [-0.15, -0.1) is 0 Å². The number of furan rings is 1. The summed E-state index contributed by atoms with van der Waals surface area (Å²) in [4.78, 5) is 17.7. The molecule has 11 rings (SSSR count). The molecule has 0 saturated carbocycles. The number of aromatic nitrogens is 3. The largest absolute Gasteiger partial charge is 0.456 e.